The third kappa shape index (κ3) is 2.14. The van der Waals surface area contributed by atoms with Crippen LogP contribution in [0.3, 0.4) is 0 Å². The summed E-state index contributed by atoms with van der Waals surface area (Å²) < 4.78 is 29.5. The van der Waals surface area contributed by atoms with Crippen molar-refractivity contribution in [3.8, 4) is 5.75 Å². The molecule has 7 heteroatoms. The zero-order valence-corrected chi connectivity index (χ0v) is 11.9. The fourth-order valence-corrected chi connectivity index (χ4v) is 4.68. The van der Waals surface area contributed by atoms with Gasteiger partial charge in [0.1, 0.15) is 11.4 Å². The van der Waals surface area contributed by atoms with Gasteiger partial charge >= 0.3 is 0 Å². The number of nitrogens with two attached hydrogens (primary N) is 1. The molecule has 0 spiro atoms. The highest BCUT2D eigenvalue weighted by Crippen LogP contribution is 2.50. The molecule has 1 heterocycles. The first kappa shape index (κ1) is 13.6. The van der Waals surface area contributed by atoms with Gasteiger partial charge in [0.2, 0.25) is 0 Å². The molecule has 0 amide bonds. The maximum Gasteiger partial charge on any atom is 0.162 e. The van der Waals surface area contributed by atoms with Crippen molar-refractivity contribution in [1.29, 1.82) is 0 Å². The van der Waals surface area contributed by atoms with E-state index in [0.717, 1.165) is 12.8 Å². The van der Waals surface area contributed by atoms with Crippen LogP contribution in [0.4, 0.5) is 5.69 Å². The zero-order valence-electron chi connectivity index (χ0n) is 11.1. The molecular weight excluding hydrogens is 280 g/mol. The Morgan fingerprint density at radius 1 is 1.40 bits per heavy atom. The minimum atomic E-state index is -3.09. The molecule has 2 saturated carbocycles. The molecule has 3 N–H and O–H groups in total. The summed E-state index contributed by atoms with van der Waals surface area (Å²) in [5, 5.41) is 8.95. The van der Waals surface area contributed by atoms with Gasteiger partial charge in [-0.2, -0.15) is 0 Å². The molecule has 0 aromatic carbocycles. The lowest BCUT2D eigenvalue weighted by Gasteiger charge is -2.18. The topological polar surface area (TPSA) is 103 Å². The monoisotopic (exact) mass is 298 g/mol. The van der Waals surface area contributed by atoms with E-state index in [1.54, 1.807) is 0 Å². The molecule has 0 radical (unpaired) electrons. The number of aliphatic hydroxyl groups is 1. The minimum absolute atomic E-state index is 0.118. The molecule has 6 nitrogen and oxygen atoms in total. The van der Waals surface area contributed by atoms with Gasteiger partial charge in [-0.3, -0.25) is 4.98 Å². The SMILES string of the molecule is Nc1c(CO)cncc1OCC1(S(=O)(=O)C2CC2)CC1. The van der Waals surface area contributed by atoms with Gasteiger partial charge in [0.05, 0.1) is 23.7 Å². The predicted molar refractivity (Wildman–Crippen MR) is 74.0 cm³/mol. The number of ether oxygens (including phenoxy) is 1. The second-order valence-corrected chi connectivity index (χ2v) is 8.21. The highest BCUT2D eigenvalue weighted by atomic mass is 32.2. The Hall–Kier alpha value is -1.34. The van der Waals surface area contributed by atoms with Gasteiger partial charge in [0.15, 0.2) is 15.6 Å². The number of pyridine rings is 1. The summed E-state index contributed by atoms with van der Waals surface area (Å²) in [4.78, 5) is 3.93. The van der Waals surface area contributed by atoms with Gasteiger partial charge in [-0.15, -0.1) is 0 Å². The first-order chi connectivity index (χ1) is 9.50. The number of hydrogen-bond donors (Lipinski definition) is 2. The summed E-state index contributed by atoms with van der Waals surface area (Å²) in [6.45, 7) is -0.103. The Labute approximate surface area is 117 Å². The van der Waals surface area contributed by atoms with E-state index < -0.39 is 14.6 Å². The molecule has 1 aromatic heterocycles. The number of hydrogen-bond acceptors (Lipinski definition) is 6. The number of nitrogens with zero attached hydrogens (tertiary/aromatic N) is 1. The van der Waals surface area contributed by atoms with Crippen LogP contribution in [0.25, 0.3) is 0 Å². The third-order valence-electron chi connectivity index (χ3n) is 4.07. The number of anilines is 1. The largest absolute Gasteiger partial charge is 0.488 e. The molecule has 2 aliphatic carbocycles. The number of rotatable bonds is 6. The van der Waals surface area contributed by atoms with E-state index >= 15 is 0 Å². The number of sulfone groups is 1. The summed E-state index contributed by atoms with van der Waals surface area (Å²) >= 11 is 0. The van der Waals surface area contributed by atoms with Crippen LogP contribution in [0, 0.1) is 0 Å². The molecule has 2 fully saturated rings. The lowest BCUT2D eigenvalue weighted by molar-refractivity contribution is 0.278. The van der Waals surface area contributed by atoms with E-state index in [1.165, 1.54) is 12.4 Å². The van der Waals surface area contributed by atoms with Crippen molar-refractivity contribution in [3.63, 3.8) is 0 Å². The molecule has 0 aliphatic heterocycles. The summed E-state index contributed by atoms with van der Waals surface area (Å²) in [5.74, 6) is 0.342. The van der Waals surface area contributed by atoms with Crippen molar-refractivity contribution in [2.24, 2.45) is 0 Å². The van der Waals surface area contributed by atoms with Crippen molar-refractivity contribution in [3.05, 3.63) is 18.0 Å². The van der Waals surface area contributed by atoms with Crippen molar-refractivity contribution in [2.45, 2.75) is 42.3 Å². The number of nitrogen functional groups attached to an aromatic ring is 1. The second kappa shape index (κ2) is 4.60. The van der Waals surface area contributed by atoms with E-state index in [0.29, 0.717) is 29.8 Å². The number of aromatic nitrogens is 1. The summed E-state index contributed by atoms with van der Waals surface area (Å²) in [5.41, 5.74) is 6.66. The van der Waals surface area contributed by atoms with Crippen molar-refractivity contribution in [1.82, 2.24) is 4.98 Å². The van der Waals surface area contributed by atoms with Crippen LogP contribution < -0.4 is 10.5 Å². The Bertz CT molecular complexity index is 621. The molecule has 0 saturated heterocycles. The maximum atomic E-state index is 12.3. The van der Waals surface area contributed by atoms with E-state index in [4.69, 9.17) is 15.6 Å². The molecular formula is C13H18N2O4S. The zero-order chi connectivity index (χ0) is 14.4. The number of aliphatic hydroxyl groups excluding tert-OH is 1. The molecule has 0 atom stereocenters. The second-order valence-electron chi connectivity index (χ2n) is 5.58. The van der Waals surface area contributed by atoms with E-state index in [2.05, 4.69) is 4.98 Å². The highest BCUT2D eigenvalue weighted by molar-refractivity contribution is 7.94. The lowest BCUT2D eigenvalue weighted by Crippen LogP contribution is -2.33. The van der Waals surface area contributed by atoms with Crippen LogP contribution in [0.5, 0.6) is 5.75 Å². The first-order valence-corrected chi connectivity index (χ1v) is 8.24. The highest BCUT2D eigenvalue weighted by Gasteiger charge is 2.60. The standard InChI is InChI=1S/C13H18N2O4S/c14-12-9(7-16)5-15-6-11(12)19-8-13(3-4-13)20(17,18)10-1-2-10/h5-6,10,16H,1-4,7-8H2,(H2,14,15). The van der Waals surface area contributed by atoms with Gasteiger partial charge in [-0.1, -0.05) is 0 Å². The van der Waals surface area contributed by atoms with Crippen LogP contribution in [0.15, 0.2) is 12.4 Å². The fourth-order valence-electron chi connectivity index (χ4n) is 2.32. The maximum absolute atomic E-state index is 12.3. The van der Waals surface area contributed by atoms with E-state index in [-0.39, 0.29) is 18.5 Å². The lowest BCUT2D eigenvalue weighted by atomic mass is 10.2. The molecule has 2 aliphatic rings. The van der Waals surface area contributed by atoms with Crippen LogP contribution in [0.1, 0.15) is 31.2 Å². The molecule has 1 aromatic rings. The van der Waals surface area contributed by atoms with Gasteiger partial charge in [-0.25, -0.2) is 8.42 Å². The first-order valence-electron chi connectivity index (χ1n) is 6.70. The van der Waals surface area contributed by atoms with Crippen molar-refractivity contribution in [2.75, 3.05) is 12.3 Å². The Morgan fingerprint density at radius 2 is 2.10 bits per heavy atom. The van der Waals surface area contributed by atoms with Crippen molar-refractivity contribution < 1.29 is 18.3 Å². The van der Waals surface area contributed by atoms with Crippen LogP contribution in [-0.4, -0.2) is 35.1 Å². The molecule has 110 valence electrons. The molecule has 20 heavy (non-hydrogen) atoms. The minimum Gasteiger partial charge on any atom is -0.488 e. The normalized spacial score (nSPS) is 20.6. The predicted octanol–water partition coefficient (Wildman–Crippen LogP) is 0.645. The molecule has 3 rings (SSSR count). The average Bonchev–Trinajstić information content (AvgIpc) is 3.29. The Kier molecular flexibility index (Phi) is 3.13. The van der Waals surface area contributed by atoms with Gasteiger partial charge in [0, 0.05) is 11.8 Å². The van der Waals surface area contributed by atoms with Gasteiger partial charge in [0.25, 0.3) is 0 Å². The fraction of sp³-hybridized carbons (Fsp3) is 0.615. The Morgan fingerprint density at radius 3 is 2.65 bits per heavy atom. The third-order valence-corrected chi connectivity index (χ3v) is 7.15. The van der Waals surface area contributed by atoms with Gasteiger partial charge in [-0.05, 0) is 25.7 Å². The van der Waals surface area contributed by atoms with Crippen molar-refractivity contribution >= 4 is 15.5 Å². The summed E-state index contributed by atoms with van der Waals surface area (Å²) in [6, 6.07) is 0. The summed E-state index contributed by atoms with van der Waals surface area (Å²) in [6.07, 6.45) is 5.77. The summed E-state index contributed by atoms with van der Waals surface area (Å²) in [7, 11) is -3.09. The Balaban J connectivity index is 1.74. The van der Waals surface area contributed by atoms with Crippen LogP contribution in [0.2, 0.25) is 0 Å². The van der Waals surface area contributed by atoms with E-state index in [1.807, 2.05) is 0 Å². The van der Waals surface area contributed by atoms with Crippen LogP contribution >= 0.6 is 0 Å². The van der Waals surface area contributed by atoms with E-state index in [9.17, 15) is 8.42 Å². The van der Waals surface area contributed by atoms with Crippen LogP contribution in [-0.2, 0) is 16.4 Å². The molecule has 0 unspecified atom stereocenters. The quantitative estimate of drug-likeness (QED) is 0.799. The molecule has 0 bridgehead atoms. The average molecular weight is 298 g/mol. The smallest absolute Gasteiger partial charge is 0.162 e. The van der Waals surface area contributed by atoms with Gasteiger partial charge < -0.3 is 15.6 Å².